The molecule has 1 aromatic rings. The molecule has 1 amide bonds. The first-order valence-corrected chi connectivity index (χ1v) is 9.47. The molecule has 2 N–H and O–H groups in total. The van der Waals surface area contributed by atoms with Crippen molar-refractivity contribution in [3.05, 3.63) is 11.0 Å². The van der Waals surface area contributed by atoms with Crippen molar-refractivity contribution >= 4 is 35.2 Å². The Bertz CT molecular complexity index is 750. The van der Waals surface area contributed by atoms with Crippen molar-refractivity contribution in [2.24, 2.45) is 0 Å². The van der Waals surface area contributed by atoms with Crippen LogP contribution in [-0.4, -0.2) is 65.3 Å². The van der Waals surface area contributed by atoms with E-state index in [1.165, 1.54) is 12.0 Å². The minimum absolute atomic E-state index is 0.0267. The fraction of sp³-hybridized carbons (Fsp3) is 0.667. The number of hydrogen-bond donors (Lipinski definition) is 1. The molecule has 0 aromatic carbocycles. The number of carbonyl (C=O) groups is 2. The van der Waals surface area contributed by atoms with Crippen LogP contribution in [0, 0.1) is 0 Å². The summed E-state index contributed by atoms with van der Waals surface area (Å²) in [5, 5.41) is 0.0473. The summed E-state index contributed by atoms with van der Waals surface area (Å²) in [6, 6.07) is -0.792. The summed E-state index contributed by atoms with van der Waals surface area (Å²) in [6.45, 7) is 9.98. The lowest BCUT2D eigenvalue weighted by atomic mass is 10.1. The van der Waals surface area contributed by atoms with Crippen LogP contribution in [0.1, 0.15) is 46.2 Å². The molecule has 1 atom stereocenters. The van der Waals surface area contributed by atoms with Crippen molar-refractivity contribution in [2.75, 3.05) is 37.4 Å². The van der Waals surface area contributed by atoms with Crippen LogP contribution < -0.4 is 10.6 Å². The van der Waals surface area contributed by atoms with E-state index in [0.29, 0.717) is 30.3 Å². The van der Waals surface area contributed by atoms with E-state index in [0.717, 1.165) is 0 Å². The van der Waals surface area contributed by atoms with E-state index >= 15 is 0 Å². The molecule has 1 saturated heterocycles. The summed E-state index contributed by atoms with van der Waals surface area (Å²) >= 11 is 6.09. The number of nitrogens with two attached hydrogens (primary N) is 1. The molecule has 1 unspecified atom stereocenters. The average Bonchev–Trinajstić information content (AvgIpc) is 2.60. The number of rotatable bonds is 3. The summed E-state index contributed by atoms with van der Waals surface area (Å²) in [5.74, 6) is -0.115. The third-order valence-electron chi connectivity index (χ3n) is 4.25. The second kappa shape index (κ2) is 8.38. The summed E-state index contributed by atoms with van der Waals surface area (Å²) in [6.07, 6.45) is -0.488. The summed E-state index contributed by atoms with van der Waals surface area (Å²) in [4.78, 5) is 36.5. The van der Waals surface area contributed by atoms with E-state index in [2.05, 4.69) is 9.97 Å². The molecule has 1 aliphatic rings. The minimum Gasteiger partial charge on any atom is -0.467 e. The predicted octanol–water partition coefficient (Wildman–Crippen LogP) is 2.43. The minimum atomic E-state index is -0.792. The lowest BCUT2D eigenvalue weighted by molar-refractivity contribution is -0.143. The van der Waals surface area contributed by atoms with Gasteiger partial charge in [0.1, 0.15) is 11.6 Å². The second-order valence-corrected chi connectivity index (χ2v) is 8.27. The number of nitrogens with zero attached hydrogens (tertiary/aromatic N) is 4. The quantitative estimate of drug-likeness (QED) is 0.594. The second-order valence-electron chi connectivity index (χ2n) is 7.93. The molecule has 0 bridgehead atoms. The summed E-state index contributed by atoms with van der Waals surface area (Å²) in [7, 11) is 1.29. The predicted molar refractivity (Wildman–Crippen MR) is 107 cm³/mol. The van der Waals surface area contributed by atoms with Crippen LogP contribution in [0.15, 0.2) is 0 Å². The number of carbonyl (C=O) groups excluding carboxylic acids is 2. The third-order valence-corrected chi connectivity index (χ3v) is 4.42. The Morgan fingerprint density at radius 3 is 2.43 bits per heavy atom. The maximum atomic E-state index is 12.5. The Morgan fingerprint density at radius 2 is 1.89 bits per heavy atom. The van der Waals surface area contributed by atoms with Gasteiger partial charge in [-0.15, -0.1) is 0 Å². The number of aromatic nitrogens is 2. The van der Waals surface area contributed by atoms with Gasteiger partial charge in [-0.25, -0.2) is 14.6 Å². The van der Waals surface area contributed by atoms with Crippen LogP contribution in [-0.2, 0) is 14.3 Å². The molecule has 1 fully saturated rings. The number of piperazine rings is 1. The van der Waals surface area contributed by atoms with Gasteiger partial charge in [-0.05, 0) is 38.3 Å². The van der Waals surface area contributed by atoms with Gasteiger partial charge in [0.25, 0.3) is 0 Å². The largest absolute Gasteiger partial charge is 0.467 e. The van der Waals surface area contributed by atoms with Gasteiger partial charge in [0.15, 0.2) is 5.82 Å². The zero-order chi connectivity index (χ0) is 21.2. The fourth-order valence-corrected chi connectivity index (χ4v) is 3.14. The number of esters is 1. The van der Waals surface area contributed by atoms with Crippen LogP contribution in [0.5, 0.6) is 0 Å². The number of amides is 1. The van der Waals surface area contributed by atoms with Gasteiger partial charge in [0, 0.05) is 13.1 Å². The molecule has 2 rings (SSSR count). The molecule has 0 radical (unpaired) electrons. The van der Waals surface area contributed by atoms with Gasteiger partial charge in [-0.2, -0.15) is 4.98 Å². The van der Waals surface area contributed by atoms with E-state index in [1.807, 2.05) is 13.8 Å². The summed E-state index contributed by atoms with van der Waals surface area (Å²) < 4.78 is 10.4. The van der Waals surface area contributed by atoms with Gasteiger partial charge in [0.2, 0.25) is 5.28 Å². The number of nitrogen functional groups attached to an aromatic ring is 1. The zero-order valence-electron chi connectivity index (χ0n) is 17.2. The first kappa shape index (κ1) is 22.0. The lowest BCUT2D eigenvalue weighted by Crippen LogP contribution is -2.59. The van der Waals surface area contributed by atoms with Crippen LogP contribution in [0.4, 0.5) is 16.3 Å². The molecule has 1 aliphatic heterocycles. The highest BCUT2D eigenvalue weighted by atomic mass is 35.5. The number of ether oxygens (including phenoxy) is 2. The van der Waals surface area contributed by atoms with Gasteiger partial charge in [-0.1, -0.05) is 13.8 Å². The van der Waals surface area contributed by atoms with Crippen molar-refractivity contribution < 1.29 is 19.1 Å². The molecular weight excluding hydrogens is 386 g/mol. The maximum absolute atomic E-state index is 12.5. The Labute approximate surface area is 170 Å². The van der Waals surface area contributed by atoms with E-state index < -0.39 is 23.7 Å². The normalized spacial score (nSPS) is 17.6. The molecule has 0 aliphatic carbocycles. The fourth-order valence-electron chi connectivity index (χ4n) is 2.97. The van der Waals surface area contributed by atoms with Crippen molar-refractivity contribution in [1.29, 1.82) is 0 Å². The van der Waals surface area contributed by atoms with Crippen LogP contribution >= 0.6 is 11.6 Å². The third kappa shape index (κ3) is 4.95. The van der Waals surface area contributed by atoms with Gasteiger partial charge in [0.05, 0.1) is 25.0 Å². The van der Waals surface area contributed by atoms with Crippen molar-refractivity contribution in [1.82, 2.24) is 14.9 Å². The Morgan fingerprint density at radius 1 is 1.25 bits per heavy atom. The molecule has 0 saturated carbocycles. The Balaban J connectivity index is 2.36. The summed E-state index contributed by atoms with van der Waals surface area (Å²) in [5.41, 5.74) is 6.61. The number of methoxy groups -OCH3 is 1. The van der Waals surface area contributed by atoms with Crippen molar-refractivity contribution in [2.45, 2.75) is 52.2 Å². The van der Waals surface area contributed by atoms with Crippen LogP contribution in [0.25, 0.3) is 0 Å². The first-order chi connectivity index (χ1) is 12.9. The standard InChI is InChI=1S/C18H28ClN5O4/c1-10(2)13-12(20)14(22-16(19)21-13)24-8-7-23(9-11(24)15(25)27-6)17(26)28-18(3,4)5/h10-11H,7-9,20H2,1-6H3. The van der Waals surface area contributed by atoms with Gasteiger partial charge < -0.3 is 25.0 Å². The van der Waals surface area contributed by atoms with Crippen molar-refractivity contribution in [3.63, 3.8) is 0 Å². The number of halogens is 1. The SMILES string of the molecule is COC(=O)C1CN(C(=O)OC(C)(C)C)CCN1c1nc(Cl)nc(C(C)C)c1N. The molecule has 0 spiro atoms. The highest BCUT2D eigenvalue weighted by molar-refractivity contribution is 6.28. The van der Waals surface area contributed by atoms with E-state index in [9.17, 15) is 9.59 Å². The smallest absolute Gasteiger partial charge is 0.410 e. The number of hydrogen-bond acceptors (Lipinski definition) is 8. The van der Waals surface area contributed by atoms with E-state index in [1.54, 1.807) is 25.7 Å². The highest BCUT2D eigenvalue weighted by Gasteiger charge is 2.38. The first-order valence-electron chi connectivity index (χ1n) is 9.10. The topological polar surface area (TPSA) is 111 Å². The van der Waals surface area contributed by atoms with E-state index in [-0.39, 0.29) is 17.7 Å². The molecule has 9 nitrogen and oxygen atoms in total. The highest BCUT2D eigenvalue weighted by Crippen LogP contribution is 2.32. The maximum Gasteiger partial charge on any atom is 0.410 e. The molecule has 28 heavy (non-hydrogen) atoms. The molecule has 156 valence electrons. The average molecular weight is 414 g/mol. The molecular formula is C18H28ClN5O4. The lowest BCUT2D eigenvalue weighted by Gasteiger charge is -2.41. The Kier molecular flexibility index (Phi) is 6.59. The van der Waals surface area contributed by atoms with Crippen LogP contribution in [0.2, 0.25) is 5.28 Å². The zero-order valence-corrected chi connectivity index (χ0v) is 17.9. The monoisotopic (exact) mass is 413 g/mol. The molecule has 1 aromatic heterocycles. The van der Waals surface area contributed by atoms with E-state index in [4.69, 9.17) is 26.8 Å². The Hall–Kier alpha value is -2.29. The molecule has 10 heteroatoms. The van der Waals surface area contributed by atoms with Gasteiger partial charge >= 0.3 is 12.1 Å². The van der Waals surface area contributed by atoms with Crippen LogP contribution in [0.3, 0.4) is 0 Å². The van der Waals surface area contributed by atoms with Crippen molar-refractivity contribution in [3.8, 4) is 0 Å². The number of anilines is 2. The van der Waals surface area contributed by atoms with Gasteiger partial charge in [-0.3, -0.25) is 0 Å². The molecule has 2 heterocycles.